The second kappa shape index (κ2) is 5.97. The maximum absolute atomic E-state index is 11.9. The van der Waals surface area contributed by atoms with Crippen LogP contribution in [0.3, 0.4) is 0 Å². The molecular weight excluding hydrogens is 286 g/mol. The number of likely N-dealkylation sites (tertiary alicyclic amines) is 1. The molecular formula is C20H23NO2. The van der Waals surface area contributed by atoms with Crippen molar-refractivity contribution in [1.82, 2.24) is 4.90 Å². The van der Waals surface area contributed by atoms with Crippen molar-refractivity contribution in [2.45, 2.75) is 32.2 Å². The van der Waals surface area contributed by atoms with Crippen molar-refractivity contribution in [3.8, 4) is 0 Å². The minimum atomic E-state index is -0.0102. The molecule has 0 radical (unpaired) electrons. The standard InChI is InChI=1S/C20H23NO2/c1-2-23-20(22)15-9-11-21(12-10-15)18-13-16-7-3-5-14-6-4-8-17(18)19(14)16/h3-8,15,18H,2,9-13H2,1H3/t18-/m1/s1. The number of benzene rings is 2. The second-order valence-electron chi connectivity index (χ2n) is 6.64. The molecule has 1 fully saturated rings. The molecule has 0 unspecified atom stereocenters. The lowest BCUT2D eigenvalue weighted by atomic mass is 9.94. The molecule has 0 amide bonds. The van der Waals surface area contributed by atoms with Gasteiger partial charge in [-0.1, -0.05) is 36.4 Å². The van der Waals surface area contributed by atoms with Gasteiger partial charge in [0.1, 0.15) is 0 Å². The molecule has 0 aromatic heterocycles. The van der Waals surface area contributed by atoms with Crippen molar-refractivity contribution in [1.29, 1.82) is 0 Å². The van der Waals surface area contributed by atoms with Gasteiger partial charge in [-0.25, -0.2) is 0 Å². The molecule has 0 spiro atoms. The monoisotopic (exact) mass is 309 g/mol. The van der Waals surface area contributed by atoms with E-state index in [2.05, 4.69) is 41.3 Å². The molecule has 1 aliphatic carbocycles. The lowest BCUT2D eigenvalue weighted by Crippen LogP contribution is -2.39. The molecule has 3 nitrogen and oxygen atoms in total. The van der Waals surface area contributed by atoms with Crippen LogP contribution in [0.2, 0.25) is 0 Å². The number of carbonyl (C=O) groups is 1. The molecule has 1 saturated heterocycles. The first-order valence-electron chi connectivity index (χ1n) is 8.69. The van der Waals surface area contributed by atoms with E-state index in [9.17, 15) is 4.79 Å². The van der Waals surface area contributed by atoms with E-state index in [1.165, 1.54) is 21.9 Å². The number of ether oxygens (including phenoxy) is 1. The first-order chi connectivity index (χ1) is 11.3. The van der Waals surface area contributed by atoms with Crippen LogP contribution in [0.15, 0.2) is 36.4 Å². The van der Waals surface area contributed by atoms with Gasteiger partial charge in [0.25, 0.3) is 0 Å². The number of rotatable bonds is 3. The lowest BCUT2D eigenvalue weighted by molar-refractivity contribution is -0.149. The van der Waals surface area contributed by atoms with Crippen LogP contribution in [0.1, 0.15) is 36.9 Å². The zero-order valence-corrected chi connectivity index (χ0v) is 13.6. The Morgan fingerprint density at radius 1 is 1.17 bits per heavy atom. The third-order valence-electron chi connectivity index (χ3n) is 5.39. The maximum atomic E-state index is 11.9. The Bertz CT molecular complexity index is 726. The highest BCUT2D eigenvalue weighted by atomic mass is 16.5. The molecule has 1 aliphatic heterocycles. The van der Waals surface area contributed by atoms with Gasteiger partial charge in [0.15, 0.2) is 0 Å². The van der Waals surface area contributed by atoms with E-state index in [0.717, 1.165) is 32.4 Å². The minimum absolute atomic E-state index is 0.0102. The van der Waals surface area contributed by atoms with Gasteiger partial charge in [0.05, 0.1) is 12.5 Å². The van der Waals surface area contributed by atoms with Crippen molar-refractivity contribution < 1.29 is 9.53 Å². The molecule has 3 heteroatoms. The third-order valence-corrected chi connectivity index (χ3v) is 5.39. The fourth-order valence-corrected chi connectivity index (χ4v) is 4.25. The van der Waals surface area contributed by atoms with Crippen LogP contribution in [0.25, 0.3) is 10.8 Å². The zero-order valence-electron chi connectivity index (χ0n) is 13.6. The van der Waals surface area contributed by atoms with Crippen LogP contribution < -0.4 is 0 Å². The molecule has 2 aromatic carbocycles. The van der Waals surface area contributed by atoms with E-state index >= 15 is 0 Å². The summed E-state index contributed by atoms with van der Waals surface area (Å²) in [6.45, 7) is 4.33. The highest BCUT2D eigenvalue weighted by Gasteiger charge is 2.33. The summed E-state index contributed by atoms with van der Waals surface area (Å²) < 4.78 is 5.18. The molecule has 1 heterocycles. The number of hydrogen-bond acceptors (Lipinski definition) is 3. The number of hydrogen-bond donors (Lipinski definition) is 0. The summed E-state index contributed by atoms with van der Waals surface area (Å²) in [5.41, 5.74) is 2.93. The predicted octanol–water partition coefficient (Wildman–Crippen LogP) is 3.71. The van der Waals surface area contributed by atoms with Crippen molar-refractivity contribution in [2.24, 2.45) is 5.92 Å². The molecule has 1 atom stereocenters. The first kappa shape index (κ1) is 14.7. The van der Waals surface area contributed by atoms with Crippen molar-refractivity contribution in [3.63, 3.8) is 0 Å². The van der Waals surface area contributed by atoms with E-state index in [-0.39, 0.29) is 11.9 Å². The van der Waals surface area contributed by atoms with Gasteiger partial charge in [-0.2, -0.15) is 0 Å². The minimum Gasteiger partial charge on any atom is -0.466 e. The van der Waals surface area contributed by atoms with E-state index in [1.807, 2.05) is 6.92 Å². The Labute approximate surface area is 137 Å². The summed E-state index contributed by atoms with van der Waals surface area (Å²) >= 11 is 0. The van der Waals surface area contributed by atoms with Gasteiger partial charge in [-0.3, -0.25) is 9.69 Å². The molecule has 23 heavy (non-hydrogen) atoms. The van der Waals surface area contributed by atoms with Crippen LogP contribution in [-0.2, 0) is 16.0 Å². The Hall–Kier alpha value is -1.87. The van der Waals surface area contributed by atoms with Gasteiger partial charge >= 0.3 is 5.97 Å². The summed E-state index contributed by atoms with van der Waals surface area (Å²) in [5.74, 6) is 0.0785. The van der Waals surface area contributed by atoms with E-state index in [0.29, 0.717) is 12.6 Å². The van der Waals surface area contributed by atoms with Crippen molar-refractivity contribution >= 4 is 16.7 Å². The Morgan fingerprint density at radius 2 is 1.91 bits per heavy atom. The second-order valence-corrected chi connectivity index (χ2v) is 6.64. The van der Waals surface area contributed by atoms with Crippen molar-refractivity contribution in [3.05, 3.63) is 47.5 Å². The first-order valence-corrected chi connectivity index (χ1v) is 8.69. The lowest BCUT2D eigenvalue weighted by Gasteiger charge is -2.35. The Balaban J connectivity index is 1.52. The summed E-state index contributed by atoms with van der Waals surface area (Å²) in [6.07, 6.45) is 2.93. The van der Waals surface area contributed by atoms with Crippen LogP contribution in [0, 0.1) is 5.92 Å². The smallest absolute Gasteiger partial charge is 0.309 e. The average molecular weight is 309 g/mol. The predicted molar refractivity (Wildman–Crippen MR) is 91.3 cm³/mol. The van der Waals surface area contributed by atoms with Gasteiger partial charge < -0.3 is 4.74 Å². The molecule has 2 aromatic rings. The summed E-state index contributed by atoms with van der Waals surface area (Å²) in [5, 5.41) is 2.80. The van der Waals surface area contributed by atoms with Crippen LogP contribution in [0.4, 0.5) is 0 Å². The molecule has 4 rings (SSSR count). The van der Waals surface area contributed by atoms with Crippen LogP contribution in [-0.4, -0.2) is 30.6 Å². The summed E-state index contributed by atoms with van der Waals surface area (Å²) in [7, 11) is 0. The fraction of sp³-hybridized carbons (Fsp3) is 0.450. The number of piperidine rings is 1. The van der Waals surface area contributed by atoms with Gasteiger partial charge in [-0.05, 0) is 61.2 Å². The van der Waals surface area contributed by atoms with Crippen molar-refractivity contribution in [2.75, 3.05) is 19.7 Å². The van der Waals surface area contributed by atoms with Gasteiger partial charge in [0.2, 0.25) is 0 Å². The van der Waals surface area contributed by atoms with E-state index in [1.54, 1.807) is 0 Å². The van der Waals surface area contributed by atoms with Gasteiger partial charge in [-0.15, -0.1) is 0 Å². The molecule has 2 aliphatic rings. The van der Waals surface area contributed by atoms with E-state index in [4.69, 9.17) is 4.74 Å². The molecule has 0 saturated carbocycles. The van der Waals surface area contributed by atoms with Crippen LogP contribution in [0.5, 0.6) is 0 Å². The van der Waals surface area contributed by atoms with E-state index < -0.39 is 0 Å². The zero-order chi connectivity index (χ0) is 15.8. The highest BCUT2D eigenvalue weighted by molar-refractivity contribution is 5.91. The fourth-order valence-electron chi connectivity index (χ4n) is 4.25. The number of nitrogens with zero attached hydrogens (tertiary/aromatic N) is 1. The summed E-state index contributed by atoms with van der Waals surface area (Å²) in [4.78, 5) is 14.5. The number of carbonyl (C=O) groups excluding carboxylic acids is 1. The largest absolute Gasteiger partial charge is 0.466 e. The molecule has 0 bridgehead atoms. The quantitative estimate of drug-likeness (QED) is 0.810. The Kier molecular flexibility index (Phi) is 3.82. The maximum Gasteiger partial charge on any atom is 0.309 e. The normalized spacial score (nSPS) is 21.7. The van der Waals surface area contributed by atoms with Gasteiger partial charge in [0, 0.05) is 6.04 Å². The van der Waals surface area contributed by atoms with Crippen LogP contribution >= 0.6 is 0 Å². The number of esters is 1. The highest BCUT2D eigenvalue weighted by Crippen LogP contribution is 2.41. The molecule has 120 valence electrons. The molecule has 0 N–H and O–H groups in total. The SMILES string of the molecule is CCOC(=O)C1CCN([C@@H]2Cc3cccc4cccc2c34)CC1. The third kappa shape index (κ3) is 2.53. The summed E-state index contributed by atoms with van der Waals surface area (Å²) in [6, 6.07) is 13.8. The average Bonchev–Trinajstić information content (AvgIpc) is 2.97. The topological polar surface area (TPSA) is 29.5 Å². The Morgan fingerprint density at radius 3 is 2.65 bits per heavy atom.